The number of benzene rings is 2. The number of hydrogen-bond donors (Lipinski definition) is 1. The molecule has 4 rings (SSSR count). The minimum absolute atomic E-state index is 0.0554. The zero-order chi connectivity index (χ0) is 26.4. The van der Waals surface area contributed by atoms with E-state index < -0.39 is 53.5 Å². The summed E-state index contributed by atoms with van der Waals surface area (Å²) in [6.45, 7) is 1.72. The molecule has 36 heavy (non-hydrogen) atoms. The number of carbonyl (C=O) groups is 1. The summed E-state index contributed by atoms with van der Waals surface area (Å²) in [7, 11) is 0. The van der Waals surface area contributed by atoms with Crippen LogP contribution in [0.5, 0.6) is 0 Å². The Bertz CT molecular complexity index is 1130. The van der Waals surface area contributed by atoms with Crippen molar-refractivity contribution in [3.8, 4) is 0 Å². The molecule has 4 nitrogen and oxygen atoms in total. The van der Waals surface area contributed by atoms with Crippen molar-refractivity contribution in [2.24, 2.45) is 0 Å². The lowest BCUT2D eigenvalue weighted by Gasteiger charge is -2.25. The third-order valence-electron chi connectivity index (χ3n) is 6.43. The molecule has 0 bridgehead atoms. The van der Waals surface area contributed by atoms with Crippen molar-refractivity contribution in [2.45, 2.75) is 49.9 Å². The van der Waals surface area contributed by atoms with Gasteiger partial charge in [0.05, 0.1) is 23.3 Å². The standard InChI is InChI=1S/C25H22F7NO3/c1-13(15-6-16(24(27,28)29)8-17(7-15)25(30,31)32)36-23-12-33(21-9-19(34)10-22(21)35)11-20(23)14-2-4-18(26)5-3-14/h2-9,13,20,22-23,35H,10-12H2,1H3/t13-,20-,22+,23+/m1/s1. The highest BCUT2D eigenvalue weighted by molar-refractivity contribution is 5.93. The van der Waals surface area contributed by atoms with Gasteiger partial charge in [-0.15, -0.1) is 0 Å². The number of aliphatic hydroxyl groups excluding tert-OH is 1. The number of ketones is 1. The number of nitrogens with zero attached hydrogens (tertiary/aromatic N) is 1. The fourth-order valence-corrected chi connectivity index (χ4v) is 4.62. The van der Waals surface area contributed by atoms with Crippen LogP contribution in [0.4, 0.5) is 30.7 Å². The van der Waals surface area contributed by atoms with Gasteiger partial charge in [0.15, 0.2) is 5.78 Å². The maximum absolute atomic E-state index is 13.5. The Morgan fingerprint density at radius 2 is 1.56 bits per heavy atom. The average molecular weight is 517 g/mol. The van der Waals surface area contributed by atoms with Crippen LogP contribution in [0, 0.1) is 5.82 Å². The van der Waals surface area contributed by atoms with Gasteiger partial charge in [-0.2, -0.15) is 26.3 Å². The lowest BCUT2D eigenvalue weighted by molar-refractivity contribution is -0.143. The Morgan fingerprint density at radius 1 is 0.972 bits per heavy atom. The second kappa shape index (κ2) is 9.51. The number of ether oxygens (including phenoxy) is 1. The zero-order valence-corrected chi connectivity index (χ0v) is 18.9. The number of allylic oxidation sites excluding steroid dienone is 1. The molecule has 11 heteroatoms. The van der Waals surface area contributed by atoms with Gasteiger partial charge in [0.2, 0.25) is 0 Å². The fraction of sp³-hybridized carbons (Fsp3) is 0.400. The molecule has 1 N–H and O–H groups in total. The maximum Gasteiger partial charge on any atom is 0.416 e. The summed E-state index contributed by atoms with van der Waals surface area (Å²) in [5, 5.41) is 10.2. The molecule has 2 aromatic rings. The highest BCUT2D eigenvalue weighted by Crippen LogP contribution is 2.40. The zero-order valence-electron chi connectivity index (χ0n) is 18.9. The van der Waals surface area contributed by atoms with Crippen molar-refractivity contribution in [2.75, 3.05) is 13.1 Å². The molecule has 4 atom stereocenters. The fourth-order valence-electron chi connectivity index (χ4n) is 4.62. The van der Waals surface area contributed by atoms with E-state index in [1.165, 1.54) is 37.3 Å². The minimum atomic E-state index is -4.99. The highest BCUT2D eigenvalue weighted by atomic mass is 19.4. The molecule has 1 heterocycles. The van der Waals surface area contributed by atoms with Crippen LogP contribution in [0.1, 0.15) is 47.6 Å². The predicted molar refractivity (Wildman–Crippen MR) is 114 cm³/mol. The van der Waals surface area contributed by atoms with Crippen LogP contribution >= 0.6 is 0 Å². The number of aliphatic hydroxyl groups is 1. The van der Waals surface area contributed by atoms with Gasteiger partial charge in [0.1, 0.15) is 11.9 Å². The summed E-state index contributed by atoms with van der Waals surface area (Å²) < 4.78 is 99.4. The van der Waals surface area contributed by atoms with E-state index in [0.717, 1.165) is 0 Å². The molecule has 0 aromatic heterocycles. The van der Waals surface area contributed by atoms with Crippen molar-refractivity contribution < 1.29 is 45.4 Å². The first-order valence-electron chi connectivity index (χ1n) is 11.1. The SMILES string of the molecule is C[C@@H](O[C@H]1CN(C2=CC(=O)C[C@@H]2O)C[C@@H]1c1ccc(F)cc1)c1cc(C(F)(F)F)cc(C(F)(F)F)c1. The largest absolute Gasteiger partial charge is 0.416 e. The Hall–Kier alpha value is -2.92. The third-order valence-corrected chi connectivity index (χ3v) is 6.43. The van der Waals surface area contributed by atoms with Gasteiger partial charge in [-0.25, -0.2) is 4.39 Å². The topological polar surface area (TPSA) is 49.8 Å². The summed E-state index contributed by atoms with van der Waals surface area (Å²) in [5.41, 5.74) is -2.18. The van der Waals surface area contributed by atoms with E-state index in [2.05, 4.69) is 0 Å². The van der Waals surface area contributed by atoms with Gasteiger partial charge in [0, 0.05) is 37.2 Å². The number of likely N-dealkylation sites (tertiary alicyclic amines) is 1. The van der Waals surface area contributed by atoms with E-state index in [1.807, 2.05) is 0 Å². The van der Waals surface area contributed by atoms with E-state index in [1.54, 1.807) is 4.90 Å². The summed E-state index contributed by atoms with van der Waals surface area (Å²) in [4.78, 5) is 13.5. The summed E-state index contributed by atoms with van der Waals surface area (Å²) in [6.07, 6.45) is -11.7. The average Bonchev–Trinajstić information content (AvgIpc) is 3.34. The summed E-state index contributed by atoms with van der Waals surface area (Å²) in [5.74, 6) is -1.20. The number of hydrogen-bond acceptors (Lipinski definition) is 4. The van der Waals surface area contributed by atoms with Crippen LogP contribution < -0.4 is 0 Å². The molecule has 0 unspecified atom stereocenters. The number of alkyl halides is 6. The third kappa shape index (κ3) is 5.57. The van der Waals surface area contributed by atoms with Gasteiger partial charge in [-0.1, -0.05) is 12.1 Å². The minimum Gasteiger partial charge on any atom is -0.386 e. The van der Waals surface area contributed by atoms with E-state index in [9.17, 15) is 40.6 Å². The van der Waals surface area contributed by atoms with Crippen LogP contribution in [0.3, 0.4) is 0 Å². The van der Waals surface area contributed by atoms with Crippen molar-refractivity contribution in [1.82, 2.24) is 4.90 Å². The second-order valence-electron chi connectivity index (χ2n) is 8.97. The number of carbonyl (C=O) groups excluding carboxylic acids is 1. The first-order valence-corrected chi connectivity index (χ1v) is 11.1. The Kier molecular flexibility index (Phi) is 6.91. The molecule has 1 aliphatic heterocycles. The van der Waals surface area contributed by atoms with Gasteiger partial charge in [-0.05, 0) is 48.4 Å². The van der Waals surface area contributed by atoms with E-state index in [-0.39, 0.29) is 36.9 Å². The quantitative estimate of drug-likeness (QED) is 0.523. The summed E-state index contributed by atoms with van der Waals surface area (Å²) >= 11 is 0. The Balaban J connectivity index is 1.65. The lowest BCUT2D eigenvalue weighted by Crippen LogP contribution is -2.28. The van der Waals surface area contributed by atoms with E-state index >= 15 is 0 Å². The summed E-state index contributed by atoms with van der Waals surface area (Å²) in [6, 6.07) is 6.80. The maximum atomic E-state index is 13.5. The molecular formula is C25H22F7NO3. The molecule has 1 aliphatic carbocycles. The molecule has 2 aliphatic rings. The molecule has 1 fully saturated rings. The molecule has 0 radical (unpaired) electrons. The molecule has 0 spiro atoms. The van der Waals surface area contributed by atoms with Gasteiger partial charge in [0.25, 0.3) is 0 Å². The van der Waals surface area contributed by atoms with Gasteiger partial charge in [-0.3, -0.25) is 4.79 Å². The van der Waals surface area contributed by atoms with Crippen LogP contribution in [-0.2, 0) is 21.9 Å². The molecular weight excluding hydrogens is 495 g/mol. The van der Waals surface area contributed by atoms with Crippen LogP contribution in [0.25, 0.3) is 0 Å². The Labute approximate surface area is 202 Å². The van der Waals surface area contributed by atoms with Crippen molar-refractivity contribution >= 4 is 5.78 Å². The first kappa shape index (κ1) is 26.2. The number of halogens is 7. The monoisotopic (exact) mass is 517 g/mol. The molecule has 0 amide bonds. The normalized spacial score (nSPS) is 23.8. The highest BCUT2D eigenvalue weighted by Gasteiger charge is 2.41. The molecule has 1 saturated heterocycles. The Morgan fingerprint density at radius 3 is 2.06 bits per heavy atom. The molecule has 194 valence electrons. The van der Waals surface area contributed by atoms with Crippen molar-refractivity contribution in [3.05, 3.63) is 82.3 Å². The smallest absolute Gasteiger partial charge is 0.386 e. The van der Waals surface area contributed by atoms with Gasteiger partial charge < -0.3 is 14.7 Å². The van der Waals surface area contributed by atoms with Crippen LogP contribution in [-0.4, -0.2) is 41.1 Å². The van der Waals surface area contributed by atoms with E-state index in [4.69, 9.17) is 4.74 Å². The van der Waals surface area contributed by atoms with Crippen LogP contribution in [0.15, 0.2) is 54.2 Å². The first-order chi connectivity index (χ1) is 16.7. The molecule has 2 aromatic carbocycles. The lowest BCUT2D eigenvalue weighted by atomic mass is 9.95. The van der Waals surface area contributed by atoms with Crippen LogP contribution in [0.2, 0.25) is 0 Å². The van der Waals surface area contributed by atoms with Gasteiger partial charge >= 0.3 is 12.4 Å². The predicted octanol–water partition coefficient (Wildman–Crippen LogP) is 5.63. The van der Waals surface area contributed by atoms with E-state index in [0.29, 0.717) is 23.4 Å². The number of rotatable bonds is 5. The van der Waals surface area contributed by atoms with Crippen molar-refractivity contribution in [1.29, 1.82) is 0 Å². The second-order valence-corrected chi connectivity index (χ2v) is 8.97. The molecule has 0 saturated carbocycles. The van der Waals surface area contributed by atoms with Crippen molar-refractivity contribution in [3.63, 3.8) is 0 Å².